The van der Waals surface area contributed by atoms with E-state index >= 15 is 0 Å². The molecule has 0 aliphatic carbocycles. The fourth-order valence-corrected chi connectivity index (χ4v) is 3.35. The Labute approximate surface area is 147 Å². The van der Waals surface area contributed by atoms with E-state index in [0.717, 1.165) is 0 Å². The lowest BCUT2D eigenvalue weighted by Gasteiger charge is -2.14. The number of nitrogens with one attached hydrogen (secondary N) is 1. The van der Waals surface area contributed by atoms with Gasteiger partial charge < -0.3 is 10.4 Å². The summed E-state index contributed by atoms with van der Waals surface area (Å²) in [4.78, 5) is 23.9. The van der Waals surface area contributed by atoms with Crippen molar-refractivity contribution in [3.05, 3.63) is 66.0 Å². The molecule has 1 amide bonds. The van der Waals surface area contributed by atoms with Crippen LogP contribution >= 0.6 is 0 Å². The smallest absolute Gasteiger partial charge is 0.326 e. The molecule has 0 fully saturated rings. The molecule has 0 spiro atoms. The zero-order valence-electron chi connectivity index (χ0n) is 13.4. The van der Waals surface area contributed by atoms with Crippen LogP contribution in [0, 0.1) is 5.82 Å². The summed E-state index contributed by atoms with van der Waals surface area (Å²) < 4.78 is 25.0. The number of carbonyl (C=O) groups excluding carboxylic acids is 1. The number of benzene rings is 2. The van der Waals surface area contributed by atoms with Crippen molar-refractivity contribution in [1.29, 1.82) is 0 Å². The lowest BCUT2D eigenvalue weighted by Crippen LogP contribution is -2.42. The molecule has 2 aromatic rings. The van der Waals surface area contributed by atoms with Gasteiger partial charge in [-0.05, 0) is 36.2 Å². The predicted molar refractivity (Wildman–Crippen MR) is 92.0 cm³/mol. The largest absolute Gasteiger partial charge is 0.480 e. The Morgan fingerprint density at radius 3 is 2.32 bits per heavy atom. The van der Waals surface area contributed by atoms with E-state index in [1.54, 1.807) is 30.3 Å². The Kier molecular flexibility index (Phi) is 6.82. The van der Waals surface area contributed by atoms with E-state index in [0.29, 0.717) is 10.5 Å². The van der Waals surface area contributed by atoms with E-state index in [1.807, 2.05) is 0 Å². The molecule has 0 radical (unpaired) electrons. The van der Waals surface area contributed by atoms with E-state index in [4.69, 9.17) is 0 Å². The first-order chi connectivity index (χ1) is 12.0. The van der Waals surface area contributed by atoms with Crippen LogP contribution in [0.3, 0.4) is 0 Å². The van der Waals surface area contributed by atoms with Crippen molar-refractivity contribution in [1.82, 2.24) is 5.32 Å². The van der Waals surface area contributed by atoms with Gasteiger partial charge in [-0.1, -0.05) is 30.3 Å². The maximum absolute atomic E-state index is 12.8. The first kappa shape index (κ1) is 18.8. The molecule has 0 aromatic heterocycles. The first-order valence-corrected chi connectivity index (χ1v) is 8.97. The number of carboxylic acids is 1. The number of carbonyl (C=O) groups is 2. The van der Waals surface area contributed by atoms with Crippen molar-refractivity contribution >= 4 is 22.7 Å². The Morgan fingerprint density at radius 1 is 1.08 bits per heavy atom. The number of amides is 1. The molecule has 2 atom stereocenters. The van der Waals surface area contributed by atoms with Crippen molar-refractivity contribution in [3.8, 4) is 0 Å². The topological polar surface area (TPSA) is 83.5 Å². The fourth-order valence-electron chi connectivity index (χ4n) is 2.21. The Bertz CT molecular complexity index is 749. The van der Waals surface area contributed by atoms with Crippen LogP contribution in [0.4, 0.5) is 4.39 Å². The summed E-state index contributed by atoms with van der Waals surface area (Å²) in [5.74, 6) is -1.95. The average molecular weight is 363 g/mol. The monoisotopic (exact) mass is 363 g/mol. The first-order valence-electron chi connectivity index (χ1n) is 7.66. The van der Waals surface area contributed by atoms with E-state index in [9.17, 15) is 23.3 Å². The highest BCUT2D eigenvalue weighted by Crippen LogP contribution is 2.09. The number of carboxylic acid groups (broad SMARTS) is 1. The Hall–Kier alpha value is -2.54. The van der Waals surface area contributed by atoms with Gasteiger partial charge in [0.15, 0.2) is 0 Å². The van der Waals surface area contributed by atoms with Crippen molar-refractivity contribution in [2.24, 2.45) is 0 Å². The molecule has 2 rings (SSSR count). The van der Waals surface area contributed by atoms with Crippen LogP contribution in [0.2, 0.25) is 0 Å². The number of aliphatic carboxylic acids is 1. The van der Waals surface area contributed by atoms with Crippen molar-refractivity contribution in [3.63, 3.8) is 0 Å². The van der Waals surface area contributed by atoms with Crippen molar-refractivity contribution in [2.75, 3.05) is 5.75 Å². The van der Waals surface area contributed by atoms with Crippen LogP contribution in [0.5, 0.6) is 0 Å². The van der Waals surface area contributed by atoms with Gasteiger partial charge in [-0.25, -0.2) is 9.18 Å². The molecule has 0 saturated heterocycles. The van der Waals surface area contributed by atoms with Gasteiger partial charge in [0.1, 0.15) is 11.9 Å². The highest BCUT2D eigenvalue weighted by atomic mass is 32.2. The summed E-state index contributed by atoms with van der Waals surface area (Å²) in [6.45, 7) is 0. The molecule has 0 bridgehead atoms. The summed E-state index contributed by atoms with van der Waals surface area (Å²) in [6.07, 6.45) is -0.00215. The molecule has 0 saturated carbocycles. The third-order valence-corrected chi connectivity index (χ3v) is 4.91. The van der Waals surface area contributed by atoms with Gasteiger partial charge in [-0.2, -0.15) is 0 Å². The van der Waals surface area contributed by atoms with Gasteiger partial charge in [0.25, 0.3) is 0 Å². The molecular formula is C18H18FNO4S. The van der Waals surface area contributed by atoms with Gasteiger partial charge in [-0.3, -0.25) is 9.00 Å². The van der Waals surface area contributed by atoms with Crippen LogP contribution in [-0.4, -0.2) is 33.0 Å². The van der Waals surface area contributed by atoms with Crippen LogP contribution in [0.1, 0.15) is 12.0 Å². The molecule has 5 nitrogen and oxygen atoms in total. The molecule has 2 aromatic carbocycles. The molecule has 2 N–H and O–H groups in total. The van der Waals surface area contributed by atoms with E-state index in [2.05, 4.69) is 5.32 Å². The molecule has 132 valence electrons. The second kappa shape index (κ2) is 9.08. The summed E-state index contributed by atoms with van der Waals surface area (Å²) >= 11 is 0. The second-order valence-corrected chi connectivity index (χ2v) is 6.98. The summed E-state index contributed by atoms with van der Waals surface area (Å²) in [7, 11) is -1.33. The zero-order chi connectivity index (χ0) is 18.2. The minimum atomic E-state index is -1.33. The Balaban J connectivity index is 1.89. The summed E-state index contributed by atoms with van der Waals surface area (Å²) in [5, 5.41) is 11.7. The SMILES string of the molecule is O=C(Cc1ccc(F)cc1)N[C@H](CC[S@](=O)c1ccccc1)C(=O)O. The predicted octanol–water partition coefficient (Wildman–Crippen LogP) is 2.14. The molecule has 0 unspecified atom stereocenters. The van der Waals surface area contributed by atoms with Crippen LogP contribution in [0.25, 0.3) is 0 Å². The Morgan fingerprint density at radius 2 is 1.72 bits per heavy atom. The van der Waals surface area contributed by atoms with Crippen molar-refractivity contribution < 1.29 is 23.3 Å². The summed E-state index contributed by atoms with van der Waals surface area (Å²) in [6, 6.07) is 13.0. The number of hydrogen-bond donors (Lipinski definition) is 2. The molecule has 0 aliphatic rings. The fraction of sp³-hybridized carbons (Fsp3) is 0.222. The second-order valence-electron chi connectivity index (χ2n) is 5.41. The molecule has 7 heteroatoms. The van der Waals surface area contributed by atoms with E-state index < -0.39 is 34.5 Å². The highest BCUT2D eigenvalue weighted by molar-refractivity contribution is 7.85. The highest BCUT2D eigenvalue weighted by Gasteiger charge is 2.21. The van der Waals surface area contributed by atoms with E-state index in [1.165, 1.54) is 24.3 Å². The number of hydrogen-bond acceptors (Lipinski definition) is 3. The molecule has 25 heavy (non-hydrogen) atoms. The average Bonchev–Trinajstić information content (AvgIpc) is 2.60. The summed E-state index contributed by atoms with van der Waals surface area (Å²) in [5.41, 5.74) is 0.580. The van der Waals surface area contributed by atoms with Crippen molar-refractivity contribution in [2.45, 2.75) is 23.8 Å². The lowest BCUT2D eigenvalue weighted by molar-refractivity contribution is -0.141. The third kappa shape index (κ3) is 6.11. The maximum atomic E-state index is 12.8. The standard InChI is InChI=1S/C18H18FNO4S/c19-14-8-6-13(7-9-14)12-17(21)20-16(18(22)23)10-11-25(24)15-4-2-1-3-5-15/h1-9,16H,10-12H2,(H,20,21)(H,22,23)/t16-,25+/m1/s1. The van der Waals surface area contributed by atoms with Gasteiger partial charge in [0.2, 0.25) is 5.91 Å². The van der Waals surface area contributed by atoms with Gasteiger partial charge in [0.05, 0.1) is 17.2 Å². The molecule has 0 heterocycles. The van der Waals surface area contributed by atoms with Crippen LogP contribution in [-0.2, 0) is 26.8 Å². The minimum Gasteiger partial charge on any atom is -0.480 e. The normalized spacial score (nSPS) is 13.0. The van der Waals surface area contributed by atoms with Crippen LogP contribution in [0.15, 0.2) is 59.5 Å². The lowest BCUT2D eigenvalue weighted by atomic mass is 10.1. The number of rotatable bonds is 8. The third-order valence-electron chi connectivity index (χ3n) is 3.51. The number of halogens is 1. The van der Waals surface area contributed by atoms with E-state index in [-0.39, 0.29) is 18.6 Å². The van der Waals surface area contributed by atoms with Crippen LogP contribution < -0.4 is 5.32 Å². The van der Waals surface area contributed by atoms with Gasteiger partial charge in [0, 0.05) is 10.6 Å². The maximum Gasteiger partial charge on any atom is 0.326 e. The molecule has 0 aliphatic heterocycles. The zero-order valence-corrected chi connectivity index (χ0v) is 14.2. The van der Waals surface area contributed by atoms with Gasteiger partial charge >= 0.3 is 5.97 Å². The van der Waals surface area contributed by atoms with Gasteiger partial charge in [-0.15, -0.1) is 0 Å². The minimum absolute atomic E-state index is 0.0476. The quantitative estimate of drug-likeness (QED) is 0.753. The molecular weight excluding hydrogens is 345 g/mol.